The minimum Gasteiger partial charge on any atom is -0.450 e. The van der Waals surface area contributed by atoms with E-state index in [0.717, 1.165) is 12.8 Å². The fourth-order valence-corrected chi connectivity index (χ4v) is 1.15. The molecule has 0 rings (SSSR count). The van der Waals surface area contributed by atoms with Crippen molar-refractivity contribution in [1.82, 2.24) is 0 Å². The van der Waals surface area contributed by atoms with E-state index in [9.17, 15) is 4.79 Å². The van der Waals surface area contributed by atoms with Crippen LogP contribution in [0.3, 0.4) is 0 Å². The summed E-state index contributed by atoms with van der Waals surface area (Å²) in [6.45, 7) is 11.8. The highest BCUT2D eigenvalue weighted by Gasteiger charge is 2.38. The number of hydrogen-bond donors (Lipinski definition) is 0. The van der Waals surface area contributed by atoms with E-state index in [-0.39, 0.29) is 11.0 Å². The SMILES string of the molecule is CCCC(C)(O[C]=O)C(C)(C)C. The second-order valence-corrected chi connectivity index (χ2v) is 4.42. The molecular weight excluding hydrogens is 152 g/mol. The largest absolute Gasteiger partial charge is 0.450 e. The maximum absolute atomic E-state index is 10.2. The van der Waals surface area contributed by atoms with E-state index in [1.54, 1.807) is 6.47 Å². The molecule has 0 saturated heterocycles. The highest BCUT2D eigenvalue weighted by Crippen LogP contribution is 2.36. The quantitative estimate of drug-likeness (QED) is 0.650. The van der Waals surface area contributed by atoms with Gasteiger partial charge >= 0.3 is 6.47 Å². The molecule has 0 heterocycles. The van der Waals surface area contributed by atoms with E-state index < -0.39 is 0 Å². The van der Waals surface area contributed by atoms with E-state index in [1.165, 1.54) is 0 Å². The third-order valence-electron chi connectivity index (χ3n) is 2.58. The predicted octanol–water partition coefficient (Wildman–Crippen LogP) is 2.68. The summed E-state index contributed by atoms with van der Waals surface area (Å²) in [4.78, 5) is 10.2. The topological polar surface area (TPSA) is 26.3 Å². The Bertz CT molecular complexity index is 146. The monoisotopic (exact) mass is 171 g/mol. The van der Waals surface area contributed by atoms with Gasteiger partial charge in [0.15, 0.2) is 0 Å². The average Bonchev–Trinajstić information content (AvgIpc) is 1.86. The van der Waals surface area contributed by atoms with Gasteiger partial charge < -0.3 is 4.74 Å². The van der Waals surface area contributed by atoms with E-state index >= 15 is 0 Å². The first kappa shape index (κ1) is 11.5. The van der Waals surface area contributed by atoms with Crippen LogP contribution in [0.4, 0.5) is 0 Å². The number of hydrogen-bond acceptors (Lipinski definition) is 2. The van der Waals surface area contributed by atoms with Crippen molar-refractivity contribution in [2.75, 3.05) is 0 Å². The molecule has 71 valence electrons. The summed E-state index contributed by atoms with van der Waals surface area (Å²) in [6, 6.07) is 0. The molecule has 1 atom stereocenters. The maximum atomic E-state index is 10.2. The van der Waals surface area contributed by atoms with Gasteiger partial charge in [0.05, 0.1) is 0 Å². The predicted molar refractivity (Wildman–Crippen MR) is 49.5 cm³/mol. The van der Waals surface area contributed by atoms with Gasteiger partial charge in [-0.2, -0.15) is 0 Å². The number of ether oxygens (including phenoxy) is 1. The summed E-state index contributed by atoms with van der Waals surface area (Å²) in [5, 5.41) is 0. The van der Waals surface area contributed by atoms with Crippen molar-refractivity contribution in [2.24, 2.45) is 5.41 Å². The van der Waals surface area contributed by atoms with Gasteiger partial charge in [-0.05, 0) is 13.3 Å². The fraction of sp³-hybridized carbons (Fsp3) is 0.900. The summed E-state index contributed by atoms with van der Waals surface area (Å²) in [5.41, 5.74) is -0.413. The lowest BCUT2D eigenvalue weighted by Crippen LogP contribution is -2.42. The van der Waals surface area contributed by atoms with Gasteiger partial charge in [-0.3, -0.25) is 0 Å². The van der Waals surface area contributed by atoms with Gasteiger partial charge in [-0.25, -0.2) is 4.79 Å². The van der Waals surface area contributed by atoms with Crippen LogP contribution in [0.1, 0.15) is 47.5 Å². The highest BCUT2D eigenvalue weighted by atomic mass is 16.5. The van der Waals surface area contributed by atoms with Crippen LogP contribution in [-0.2, 0) is 9.53 Å². The lowest BCUT2D eigenvalue weighted by atomic mass is 9.75. The van der Waals surface area contributed by atoms with Crippen LogP contribution < -0.4 is 0 Å². The number of carbonyl (C=O) groups excluding carboxylic acids is 1. The second-order valence-electron chi connectivity index (χ2n) is 4.42. The molecule has 0 fully saturated rings. The van der Waals surface area contributed by atoms with Gasteiger partial charge in [0.2, 0.25) is 0 Å². The molecule has 0 aromatic rings. The van der Waals surface area contributed by atoms with Gasteiger partial charge in [0.1, 0.15) is 5.60 Å². The third kappa shape index (κ3) is 2.50. The zero-order chi connectivity index (χ0) is 9.83. The minimum atomic E-state index is -0.385. The fourth-order valence-electron chi connectivity index (χ4n) is 1.15. The van der Waals surface area contributed by atoms with Crippen molar-refractivity contribution in [1.29, 1.82) is 0 Å². The van der Waals surface area contributed by atoms with Gasteiger partial charge in [-0.15, -0.1) is 0 Å². The van der Waals surface area contributed by atoms with Crippen LogP contribution in [0.15, 0.2) is 0 Å². The van der Waals surface area contributed by atoms with Gasteiger partial charge in [0.25, 0.3) is 0 Å². The molecule has 0 aromatic heterocycles. The lowest BCUT2D eigenvalue weighted by Gasteiger charge is -2.39. The summed E-state index contributed by atoms with van der Waals surface area (Å²) in [5.74, 6) is 0. The highest BCUT2D eigenvalue weighted by molar-refractivity contribution is 5.39. The molecule has 12 heavy (non-hydrogen) atoms. The first-order chi connectivity index (χ1) is 5.37. The van der Waals surface area contributed by atoms with Crippen LogP contribution in [0.5, 0.6) is 0 Å². The van der Waals surface area contributed by atoms with Crippen molar-refractivity contribution >= 4 is 6.47 Å². The van der Waals surface area contributed by atoms with E-state index in [0.29, 0.717) is 0 Å². The molecule has 0 N–H and O–H groups in total. The van der Waals surface area contributed by atoms with Crippen LogP contribution >= 0.6 is 0 Å². The second kappa shape index (κ2) is 3.92. The average molecular weight is 171 g/mol. The molecule has 0 bridgehead atoms. The van der Waals surface area contributed by atoms with Crippen molar-refractivity contribution in [3.05, 3.63) is 0 Å². The van der Waals surface area contributed by atoms with Crippen molar-refractivity contribution in [2.45, 2.75) is 53.1 Å². The molecule has 0 saturated carbocycles. The lowest BCUT2D eigenvalue weighted by molar-refractivity contribution is -0.0369. The normalized spacial score (nSPS) is 16.8. The Balaban J connectivity index is 4.48. The van der Waals surface area contributed by atoms with Crippen LogP contribution in [-0.4, -0.2) is 12.1 Å². The molecule has 1 unspecified atom stereocenters. The maximum Gasteiger partial charge on any atom is 0.418 e. The van der Waals surface area contributed by atoms with E-state index in [4.69, 9.17) is 4.74 Å². The standard InChI is InChI=1S/C10H19O2/c1-6-7-10(5,12-8-11)9(2,3)4/h6-7H2,1-5H3. The van der Waals surface area contributed by atoms with Crippen molar-refractivity contribution in [3.8, 4) is 0 Å². The Kier molecular flexibility index (Phi) is 3.75. The Morgan fingerprint density at radius 1 is 1.25 bits per heavy atom. The van der Waals surface area contributed by atoms with E-state index in [1.807, 2.05) is 6.92 Å². The first-order valence-corrected chi connectivity index (χ1v) is 4.42. The molecule has 2 heteroatoms. The summed E-state index contributed by atoms with van der Waals surface area (Å²) >= 11 is 0. The summed E-state index contributed by atoms with van der Waals surface area (Å²) in [7, 11) is 0. The molecule has 2 nitrogen and oxygen atoms in total. The van der Waals surface area contributed by atoms with E-state index in [2.05, 4.69) is 27.7 Å². The van der Waals surface area contributed by atoms with Crippen molar-refractivity contribution in [3.63, 3.8) is 0 Å². The molecular formula is C10H19O2. The molecule has 0 aliphatic heterocycles. The first-order valence-electron chi connectivity index (χ1n) is 4.42. The van der Waals surface area contributed by atoms with Crippen LogP contribution in [0.25, 0.3) is 0 Å². The molecule has 0 aliphatic rings. The van der Waals surface area contributed by atoms with Crippen LogP contribution in [0, 0.1) is 5.41 Å². The Morgan fingerprint density at radius 3 is 2.00 bits per heavy atom. The molecule has 0 aliphatic carbocycles. The molecule has 0 spiro atoms. The molecule has 0 amide bonds. The minimum absolute atomic E-state index is 0.0274. The van der Waals surface area contributed by atoms with Gasteiger partial charge in [-0.1, -0.05) is 34.1 Å². The van der Waals surface area contributed by atoms with Gasteiger partial charge in [0, 0.05) is 5.41 Å². The smallest absolute Gasteiger partial charge is 0.418 e. The molecule has 1 radical (unpaired) electrons. The number of rotatable bonds is 4. The van der Waals surface area contributed by atoms with Crippen LogP contribution in [0.2, 0.25) is 0 Å². The Morgan fingerprint density at radius 2 is 1.75 bits per heavy atom. The van der Waals surface area contributed by atoms with Crippen molar-refractivity contribution < 1.29 is 9.53 Å². The molecule has 0 aromatic carbocycles. The zero-order valence-electron chi connectivity index (χ0n) is 8.73. The zero-order valence-corrected chi connectivity index (χ0v) is 8.73. The third-order valence-corrected chi connectivity index (χ3v) is 2.58. The Labute approximate surface area is 75.3 Å². The summed E-state index contributed by atoms with van der Waals surface area (Å²) in [6.07, 6.45) is 1.89. The summed E-state index contributed by atoms with van der Waals surface area (Å²) < 4.78 is 5.03. The Hall–Kier alpha value is -0.530.